The van der Waals surface area contributed by atoms with E-state index in [4.69, 9.17) is 26.3 Å². The van der Waals surface area contributed by atoms with E-state index >= 15 is 0 Å². The van der Waals surface area contributed by atoms with E-state index in [-0.39, 0.29) is 10.6 Å². The van der Waals surface area contributed by atoms with Gasteiger partial charge in [0.25, 0.3) is 5.91 Å². The maximum Gasteiger partial charge on any atom is 0.339 e. The Balaban J connectivity index is 2.03. The molecular formula is C19H17ClN2O4. The average molecular weight is 373 g/mol. The topological polar surface area (TPSA) is 88.4 Å². The molecule has 134 valence electrons. The third kappa shape index (κ3) is 4.52. The van der Waals surface area contributed by atoms with Gasteiger partial charge in [0.15, 0.2) is 6.10 Å². The van der Waals surface area contributed by atoms with Crippen molar-refractivity contribution in [1.29, 1.82) is 5.26 Å². The summed E-state index contributed by atoms with van der Waals surface area (Å²) in [6.07, 6.45) is -1.02. The molecule has 0 bridgehead atoms. The molecule has 26 heavy (non-hydrogen) atoms. The Labute approximate surface area is 156 Å². The fourth-order valence-electron chi connectivity index (χ4n) is 2.16. The molecule has 0 aliphatic carbocycles. The van der Waals surface area contributed by atoms with Gasteiger partial charge in [-0.25, -0.2) is 4.79 Å². The van der Waals surface area contributed by atoms with Crippen LogP contribution in [0.4, 0.5) is 5.69 Å². The minimum Gasteiger partial charge on any atom is -0.496 e. The first-order chi connectivity index (χ1) is 12.3. The lowest BCUT2D eigenvalue weighted by Crippen LogP contribution is -2.30. The number of methoxy groups -OCH3 is 1. The van der Waals surface area contributed by atoms with Crippen molar-refractivity contribution < 1.29 is 19.1 Å². The standard InChI is InChI=1S/C19H17ClN2O4/c1-11-4-5-13(8-17(11)25-3)19(24)26-12(2)18(23)22-15-7-6-14(10-21)16(20)9-15/h4-9,12H,1-3H3,(H,22,23)/t12-/m1/s1. The van der Waals surface area contributed by atoms with E-state index < -0.39 is 18.0 Å². The Kier molecular flexibility index (Phi) is 6.21. The lowest BCUT2D eigenvalue weighted by Gasteiger charge is -2.14. The highest BCUT2D eigenvalue weighted by Crippen LogP contribution is 2.21. The molecule has 0 radical (unpaired) electrons. The van der Waals surface area contributed by atoms with E-state index in [9.17, 15) is 9.59 Å². The average Bonchev–Trinajstić information content (AvgIpc) is 2.62. The van der Waals surface area contributed by atoms with E-state index in [1.807, 2.05) is 13.0 Å². The number of esters is 1. The Bertz CT molecular complexity index is 890. The first-order valence-electron chi connectivity index (χ1n) is 7.72. The quantitative estimate of drug-likeness (QED) is 0.808. The Morgan fingerprint density at radius 3 is 2.58 bits per heavy atom. The van der Waals surface area contributed by atoms with Gasteiger partial charge in [0, 0.05) is 5.69 Å². The molecule has 6 nitrogen and oxygen atoms in total. The van der Waals surface area contributed by atoms with Crippen LogP contribution in [0, 0.1) is 18.3 Å². The third-order valence-electron chi connectivity index (χ3n) is 3.65. The number of carbonyl (C=O) groups is 2. The van der Waals surface area contributed by atoms with Gasteiger partial charge in [-0.15, -0.1) is 0 Å². The second-order valence-electron chi connectivity index (χ2n) is 5.53. The van der Waals surface area contributed by atoms with Crippen LogP contribution in [-0.2, 0) is 9.53 Å². The van der Waals surface area contributed by atoms with Gasteiger partial charge < -0.3 is 14.8 Å². The minimum absolute atomic E-state index is 0.224. The predicted octanol–water partition coefficient (Wildman–Crippen LogP) is 3.71. The zero-order valence-corrected chi connectivity index (χ0v) is 15.3. The molecule has 0 fully saturated rings. The number of ether oxygens (including phenoxy) is 2. The highest BCUT2D eigenvalue weighted by Gasteiger charge is 2.20. The largest absolute Gasteiger partial charge is 0.496 e. The van der Waals surface area contributed by atoms with Gasteiger partial charge in [-0.1, -0.05) is 17.7 Å². The van der Waals surface area contributed by atoms with Crippen molar-refractivity contribution in [2.75, 3.05) is 12.4 Å². The number of hydrogen-bond donors (Lipinski definition) is 1. The minimum atomic E-state index is -1.02. The molecule has 0 saturated carbocycles. The van der Waals surface area contributed by atoms with Crippen molar-refractivity contribution in [3.05, 3.63) is 58.1 Å². The highest BCUT2D eigenvalue weighted by atomic mass is 35.5. The first kappa shape index (κ1) is 19.3. The van der Waals surface area contributed by atoms with Crippen molar-refractivity contribution in [2.24, 2.45) is 0 Å². The van der Waals surface area contributed by atoms with Crippen LogP contribution >= 0.6 is 11.6 Å². The van der Waals surface area contributed by atoms with Crippen molar-refractivity contribution in [3.63, 3.8) is 0 Å². The van der Waals surface area contributed by atoms with Crippen molar-refractivity contribution in [3.8, 4) is 11.8 Å². The number of benzene rings is 2. The molecular weight excluding hydrogens is 356 g/mol. The van der Waals surface area contributed by atoms with Crippen LogP contribution < -0.4 is 10.1 Å². The number of nitriles is 1. The number of nitrogens with one attached hydrogen (secondary N) is 1. The molecule has 0 unspecified atom stereocenters. The maximum absolute atomic E-state index is 12.2. The number of amides is 1. The van der Waals surface area contributed by atoms with Gasteiger partial charge in [-0.3, -0.25) is 4.79 Å². The Morgan fingerprint density at radius 1 is 1.23 bits per heavy atom. The van der Waals surface area contributed by atoms with Gasteiger partial charge in [0.2, 0.25) is 0 Å². The van der Waals surface area contributed by atoms with Crippen molar-refractivity contribution in [1.82, 2.24) is 0 Å². The molecule has 2 aromatic rings. The lowest BCUT2D eigenvalue weighted by atomic mass is 10.1. The summed E-state index contributed by atoms with van der Waals surface area (Å²) >= 11 is 5.93. The normalized spacial score (nSPS) is 11.2. The molecule has 2 aromatic carbocycles. The van der Waals surface area contributed by atoms with Crippen LogP contribution in [0.25, 0.3) is 0 Å². The first-order valence-corrected chi connectivity index (χ1v) is 8.09. The van der Waals surface area contributed by atoms with Gasteiger partial charge in [0.1, 0.15) is 11.8 Å². The van der Waals surface area contributed by atoms with E-state index in [2.05, 4.69) is 5.32 Å². The van der Waals surface area contributed by atoms with E-state index in [0.717, 1.165) is 5.56 Å². The van der Waals surface area contributed by atoms with Crippen LogP contribution in [0.2, 0.25) is 5.02 Å². The summed E-state index contributed by atoms with van der Waals surface area (Å²) in [5.41, 5.74) is 1.87. The van der Waals surface area contributed by atoms with Crippen LogP contribution in [0.3, 0.4) is 0 Å². The van der Waals surface area contributed by atoms with Crippen LogP contribution in [-0.4, -0.2) is 25.1 Å². The number of hydrogen-bond acceptors (Lipinski definition) is 5. The Morgan fingerprint density at radius 2 is 1.96 bits per heavy atom. The number of rotatable bonds is 5. The summed E-state index contributed by atoms with van der Waals surface area (Å²) in [4.78, 5) is 24.4. The second-order valence-corrected chi connectivity index (χ2v) is 5.93. The molecule has 0 aliphatic heterocycles. The van der Waals surface area contributed by atoms with E-state index in [1.165, 1.54) is 26.2 Å². The highest BCUT2D eigenvalue weighted by molar-refractivity contribution is 6.32. The molecule has 1 N–H and O–H groups in total. The van der Waals surface area contributed by atoms with Crippen LogP contribution in [0.15, 0.2) is 36.4 Å². The molecule has 0 saturated heterocycles. The van der Waals surface area contributed by atoms with Crippen molar-refractivity contribution in [2.45, 2.75) is 20.0 Å². The zero-order chi connectivity index (χ0) is 19.3. The molecule has 0 spiro atoms. The Hall–Kier alpha value is -3.04. The fourth-order valence-corrected chi connectivity index (χ4v) is 2.38. The second kappa shape index (κ2) is 8.37. The number of halogens is 1. The van der Waals surface area contributed by atoms with Gasteiger partial charge in [-0.2, -0.15) is 5.26 Å². The number of aryl methyl sites for hydroxylation is 1. The molecule has 1 atom stereocenters. The zero-order valence-electron chi connectivity index (χ0n) is 14.5. The molecule has 7 heteroatoms. The smallest absolute Gasteiger partial charge is 0.339 e. The summed E-state index contributed by atoms with van der Waals surface area (Å²) in [6, 6.07) is 11.3. The van der Waals surface area contributed by atoms with Gasteiger partial charge in [-0.05, 0) is 49.7 Å². The summed E-state index contributed by atoms with van der Waals surface area (Å²) in [5.74, 6) is -0.592. The molecule has 2 rings (SSSR count). The fraction of sp³-hybridized carbons (Fsp3) is 0.211. The van der Waals surface area contributed by atoms with Gasteiger partial charge >= 0.3 is 5.97 Å². The van der Waals surface area contributed by atoms with Gasteiger partial charge in [0.05, 0.1) is 23.3 Å². The molecule has 1 amide bonds. The van der Waals surface area contributed by atoms with Crippen LogP contribution in [0.5, 0.6) is 5.75 Å². The van der Waals surface area contributed by atoms with Crippen molar-refractivity contribution >= 4 is 29.2 Å². The van der Waals surface area contributed by atoms with Crippen LogP contribution in [0.1, 0.15) is 28.4 Å². The summed E-state index contributed by atoms with van der Waals surface area (Å²) in [7, 11) is 1.51. The predicted molar refractivity (Wildman–Crippen MR) is 97.4 cm³/mol. The molecule has 0 aromatic heterocycles. The number of nitrogens with zero attached hydrogens (tertiary/aromatic N) is 1. The van der Waals surface area contributed by atoms with E-state index in [0.29, 0.717) is 17.0 Å². The molecule has 0 aliphatic rings. The molecule has 0 heterocycles. The monoisotopic (exact) mass is 372 g/mol. The summed E-state index contributed by atoms with van der Waals surface area (Å²) in [6.45, 7) is 3.32. The number of anilines is 1. The lowest BCUT2D eigenvalue weighted by molar-refractivity contribution is -0.123. The van der Waals surface area contributed by atoms with E-state index in [1.54, 1.807) is 24.3 Å². The SMILES string of the molecule is COc1cc(C(=O)O[C@H](C)C(=O)Nc2ccc(C#N)c(Cl)c2)ccc1C. The summed E-state index contributed by atoms with van der Waals surface area (Å²) < 4.78 is 10.4. The number of carbonyl (C=O) groups excluding carboxylic acids is 2. The summed E-state index contributed by atoms with van der Waals surface area (Å²) in [5, 5.41) is 11.7. The maximum atomic E-state index is 12.2. The third-order valence-corrected chi connectivity index (χ3v) is 3.97.